The normalized spacial score (nSPS) is 14.5. The van der Waals surface area contributed by atoms with E-state index in [2.05, 4.69) is 45.7 Å². The summed E-state index contributed by atoms with van der Waals surface area (Å²) < 4.78 is 39.6. The topological polar surface area (TPSA) is 41.1 Å². The van der Waals surface area contributed by atoms with Crippen LogP contribution in [0.3, 0.4) is 0 Å². The van der Waals surface area contributed by atoms with E-state index in [4.69, 9.17) is 0 Å². The molecule has 0 fully saturated rings. The molecule has 0 saturated heterocycles. The minimum absolute atomic E-state index is 0.237. The Labute approximate surface area is 187 Å². The van der Waals surface area contributed by atoms with E-state index in [1.165, 1.54) is 18.6 Å². The van der Waals surface area contributed by atoms with Crippen LogP contribution in [-0.4, -0.2) is 35.2 Å². The fraction of sp³-hybridized carbons (Fsp3) is 0.360. The van der Waals surface area contributed by atoms with Crippen LogP contribution in [0.1, 0.15) is 42.5 Å². The molecular formula is C25H29F3N4. The van der Waals surface area contributed by atoms with Crippen molar-refractivity contribution >= 4 is 22.2 Å². The van der Waals surface area contributed by atoms with Gasteiger partial charge in [0.15, 0.2) is 0 Å². The van der Waals surface area contributed by atoms with Crippen molar-refractivity contribution in [2.75, 3.05) is 25.5 Å². The highest BCUT2D eigenvalue weighted by atomic mass is 19.4. The number of rotatable bonds is 4. The number of halogens is 3. The van der Waals surface area contributed by atoms with Crippen LogP contribution in [0.4, 0.5) is 18.9 Å². The van der Waals surface area contributed by atoms with Crippen LogP contribution in [0.5, 0.6) is 0 Å². The zero-order valence-corrected chi connectivity index (χ0v) is 18.9. The summed E-state index contributed by atoms with van der Waals surface area (Å²) in [5.41, 5.74) is 4.18. The average molecular weight is 443 g/mol. The summed E-state index contributed by atoms with van der Waals surface area (Å²) in [4.78, 5) is 2.26. The molecule has 0 radical (unpaired) electrons. The molecule has 0 aliphatic carbocycles. The molecule has 4 rings (SSSR count). The van der Waals surface area contributed by atoms with Gasteiger partial charge in [0.25, 0.3) is 0 Å². The van der Waals surface area contributed by atoms with E-state index in [1.807, 2.05) is 19.9 Å². The zero-order chi connectivity index (χ0) is 23.3. The molecule has 3 aromatic rings. The summed E-state index contributed by atoms with van der Waals surface area (Å²) in [5, 5.41) is 12.4. The van der Waals surface area contributed by atoms with Gasteiger partial charge in [-0.2, -0.15) is 23.4 Å². The quantitative estimate of drug-likeness (QED) is 0.514. The number of benzene rings is 2. The Hall–Kier alpha value is -2.93. The van der Waals surface area contributed by atoms with Crippen LogP contribution in [-0.2, 0) is 12.7 Å². The monoisotopic (exact) mass is 442 g/mol. The van der Waals surface area contributed by atoms with Crippen LogP contribution in [0, 0.1) is 6.92 Å². The van der Waals surface area contributed by atoms with E-state index in [0.717, 1.165) is 47.7 Å². The Morgan fingerprint density at radius 3 is 2.59 bits per heavy atom. The van der Waals surface area contributed by atoms with Crippen molar-refractivity contribution < 1.29 is 13.2 Å². The van der Waals surface area contributed by atoms with E-state index in [0.29, 0.717) is 5.56 Å². The molecule has 4 nitrogen and oxygen atoms in total. The maximum atomic E-state index is 13.2. The molecule has 0 spiro atoms. The third kappa shape index (κ3) is 5.27. The Balaban J connectivity index is 0.00000141. The highest BCUT2D eigenvalue weighted by molar-refractivity contribution is 5.93. The third-order valence-electron chi connectivity index (χ3n) is 5.64. The summed E-state index contributed by atoms with van der Waals surface area (Å²) in [5.74, 6) is 0. The molecule has 0 bridgehead atoms. The summed E-state index contributed by atoms with van der Waals surface area (Å²) in [6, 6.07) is 10.3. The fourth-order valence-corrected chi connectivity index (χ4v) is 3.80. The van der Waals surface area contributed by atoms with Gasteiger partial charge in [0.1, 0.15) is 0 Å². The number of likely N-dealkylation sites (N-methyl/N-ethyl adjacent to an activating group) is 1. The van der Waals surface area contributed by atoms with Gasteiger partial charge in [-0.15, -0.1) is 0 Å². The molecule has 0 saturated carbocycles. The van der Waals surface area contributed by atoms with Crippen molar-refractivity contribution in [1.82, 2.24) is 15.1 Å². The molecule has 0 atom stereocenters. The third-order valence-corrected chi connectivity index (χ3v) is 5.64. The lowest BCUT2D eigenvalue weighted by atomic mass is 9.98. The second-order valence-corrected chi connectivity index (χ2v) is 7.67. The molecule has 1 aromatic heterocycles. The fourth-order valence-electron chi connectivity index (χ4n) is 3.80. The molecule has 2 heterocycles. The highest BCUT2D eigenvalue weighted by Crippen LogP contribution is 2.33. The van der Waals surface area contributed by atoms with Gasteiger partial charge >= 0.3 is 6.18 Å². The molecule has 1 aliphatic rings. The number of hydrogen-bond donors (Lipinski definition) is 1. The van der Waals surface area contributed by atoms with Crippen LogP contribution in [0.2, 0.25) is 0 Å². The minimum atomic E-state index is -4.36. The maximum absolute atomic E-state index is 13.2. The molecule has 7 heteroatoms. The van der Waals surface area contributed by atoms with Crippen LogP contribution in [0.25, 0.3) is 16.5 Å². The van der Waals surface area contributed by atoms with Crippen molar-refractivity contribution in [3.8, 4) is 0 Å². The number of alkyl halides is 3. The van der Waals surface area contributed by atoms with E-state index in [-0.39, 0.29) is 12.1 Å². The van der Waals surface area contributed by atoms with Gasteiger partial charge in [0.05, 0.1) is 23.0 Å². The molecule has 170 valence electrons. The molecule has 1 aliphatic heterocycles. The number of anilines is 1. The lowest BCUT2D eigenvalue weighted by molar-refractivity contribution is -0.138. The molecule has 32 heavy (non-hydrogen) atoms. The minimum Gasteiger partial charge on any atom is -0.379 e. The second kappa shape index (κ2) is 10.1. The maximum Gasteiger partial charge on any atom is 0.416 e. The first kappa shape index (κ1) is 23.7. The Morgan fingerprint density at radius 2 is 1.91 bits per heavy atom. The van der Waals surface area contributed by atoms with Gasteiger partial charge in [-0.3, -0.25) is 0 Å². The molecule has 2 aromatic carbocycles. The lowest BCUT2D eigenvalue weighted by Crippen LogP contribution is -2.23. The highest BCUT2D eigenvalue weighted by Gasteiger charge is 2.32. The predicted octanol–water partition coefficient (Wildman–Crippen LogP) is 6.31. The zero-order valence-electron chi connectivity index (χ0n) is 18.9. The lowest BCUT2D eigenvalue weighted by Gasteiger charge is -2.22. The van der Waals surface area contributed by atoms with Crippen molar-refractivity contribution in [1.29, 1.82) is 0 Å². The molecule has 1 N–H and O–H groups in total. The van der Waals surface area contributed by atoms with E-state index >= 15 is 0 Å². The Morgan fingerprint density at radius 1 is 1.12 bits per heavy atom. The Bertz CT molecular complexity index is 1110. The standard InChI is InChI=1S/C23H23F3N4.C2H6/c1-15-18(4-3-5-20(15)23(24,25)26)13-27-22-14-28-29-21-7-6-17(12-19(21)22)16-8-10-30(2)11-9-16;1-2/h3-8,12,14H,9-11,13H2,1-2H3,(H,27,29);1-2H3. The van der Waals surface area contributed by atoms with Crippen LogP contribution >= 0.6 is 0 Å². The van der Waals surface area contributed by atoms with Gasteiger partial charge in [0.2, 0.25) is 0 Å². The van der Waals surface area contributed by atoms with Crippen molar-refractivity contribution in [3.05, 3.63) is 70.9 Å². The predicted molar refractivity (Wildman–Crippen MR) is 124 cm³/mol. The van der Waals surface area contributed by atoms with Gasteiger partial charge in [0, 0.05) is 25.0 Å². The summed E-state index contributed by atoms with van der Waals surface area (Å²) in [6.45, 7) is 7.71. The summed E-state index contributed by atoms with van der Waals surface area (Å²) in [7, 11) is 2.10. The van der Waals surface area contributed by atoms with Crippen LogP contribution < -0.4 is 5.32 Å². The number of aromatic nitrogens is 2. The van der Waals surface area contributed by atoms with E-state index in [9.17, 15) is 13.2 Å². The van der Waals surface area contributed by atoms with Gasteiger partial charge < -0.3 is 10.2 Å². The van der Waals surface area contributed by atoms with Gasteiger partial charge in [-0.25, -0.2) is 0 Å². The first-order valence-corrected chi connectivity index (χ1v) is 10.9. The summed E-state index contributed by atoms with van der Waals surface area (Å²) in [6.07, 6.45) is 0.477. The SMILES string of the molecule is CC.Cc1c(CNc2cnnc3ccc(C4=CCN(C)CC4)cc23)cccc1C(F)(F)F. The Kier molecular flexibility index (Phi) is 7.51. The smallest absolute Gasteiger partial charge is 0.379 e. The van der Waals surface area contributed by atoms with Crippen molar-refractivity contribution in [2.24, 2.45) is 0 Å². The number of nitrogens with one attached hydrogen (secondary N) is 1. The first-order chi connectivity index (χ1) is 15.3. The van der Waals surface area contributed by atoms with E-state index in [1.54, 1.807) is 12.3 Å². The van der Waals surface area contributed by atoms with Gasteiger partial charge in [-0.05, 0) is 60.9 Å². The number of nitrogens with zero attached hydrogens (tertiary/aromatic N) is 3. The molecule has 0 unspecified atom stereocenters. The average Bonchev–Trinajstić information content (AvgIpc) is 2.79. The summed E-state index contributed by atoms with van der Waals surface area (Å²) >= 11 is 0. The number of fused-ring (bicyclic) bond motifs is 1. The second-order valence-electron chi connectivity index (χ2n) is 7.67. The van der Waals surface area contributed by atoms with Crippen molar-refractivity contribution in [3.63, 3.8) is 0 Å². The molecule has 0 amide bonds. The van der Waals surface area contributed by atoms with Crippen molar-refractivity contribution in [2.45, 2.75) is 39.9 Å². The first-order valence-electron chi connectivity index (χ1n) is 10.9. The largest absolute Gasteiger partial charge is 0.416 e. The van der Waals surface area contributed by atoms with Gasteiger partial charge in [-0.1, -0.05) is 38.1 Å². The van der Waals surface area contributed by atoms with Crippen LogP contribution in [0.15, 0.2) is 48.7 Å². The number of hydrogen-bond acceptors (Lipinski definition) is 4. The molecular weight excluding hydrogens is 413 g/mol. The van der Waals surface area contributed by atoms with E-state index < -0.39 is 11.7 Å².